The molecule has 0 fully saturated rings. The molecule has 0 bridgehead atoms. The van der Waals surface area contributed by atoms with E-state index in [-0.39, 0.29) is 0 Å². The molecule has 4 heteroatoms. The van der Waals surface area contributed by atoms with Gasteiger partial charge in [0.1, 0.15) is 0 Å². The Bertz CT molecular complexity index is 105. The lowest BCUT2D eigenvalue weighted by Gasteiger charge is -1.81. The van der Waals surface area contributed by atoms with Crippen molar-refractivity contribution < 1.29 is 14.7 Å². The van der Waals surface area contributed by atoms with Gasteiger partial charge in [-0.3, -0.25) is 4.79 Å². The van der Waals surface area contributed by atoms with Crippen LogP contribution < -0.4 is 5.73 Å². The second-order valence-electron chi connectivity index (χ2n) is 2.11. The van der Waals surface area contributed by atoms with E-state index < -0.39 is 11.8 Å². The molecule has 0 aromatic heterocycles. The normalized spacial score (nSPS) is 8.10. The predicted molar refractivity (Wildman–Crippen MR) is 37.6 cm³/mol. The first kappa shape index (κ1) is 11.8. The van der Waals surface area contributed by atoms with Crippen LogP contribution in [0.4, 0.5) is 0 Å². The van der Waals surface area contributed by atoms with Gasteiger partial charge in [0.2, 0.25) is 5.78 Å². The minimum atomic E-state index is -1.38. The second kappa shape index (κ2) is 6.22. The molecule has 60 valence electrons. The van der Waals surface area contributed by atoms with E-state index in [0.29, 0.717) is 6.04 Å². The second-order valence-corrected chi connectivity index (χ2v) is 2.11. The van der Waals surface area contributed by atoms with E-state index in [0.717, 1.165) is 6.92 Å². The van der Waals surface area contributed by atoms with Crippen LogP contribution in [0.1, 0.15) is 20.8 Å². The van der Waals surface area contributed by atoms with Crippen molar-refractivity contribution in [3.05, 3.63) is 0 Å². The first-order valence-electron chi connectivity index (χ1n) is 2.87. The highest BCUT2D eigenvalue weighted by atomic mass is 16.4. The Morgan fingerprint density at radius 2 is 1.50 bits per heavy atom. The van der Waals surface area contributed by atoms with Gasteiger partial charge in [-0.1, -0.05) is 13.8 Å². The minimum Gasteiger partial charge on any atom is -0.476 e. The molecular formula is C6H13NO3. The van der Waals surface area contributed by atoms with Crippen LogP contribution in [0.15, 0.2) is 0 Å². The van der Waals surface area contributed by atoms with Crippen molar-refractivity contribution in [2.24, 2.45) is 5.73 Å². The third-order valence-electron chi connectivity index (χ3n) is 0.301. The molecule has 3 N–H and O–H groups in total. The molecule has 0 aliphatic heterocycles. The van der Waals surface area contributed by atoms with Crippen LogP contribution in [-0.4, -0.2) is 22.9 Å². The summed E-state index contributed by atoms with van der Waals surface area (Å²) in [7, 11) is 0. The van der Waals surface area contributed by atoms with Crippen LogP contribution in [0.2, 0.25) is 0 Å². The van der Waals surface area contributed by atoms with Crippen LogP contribution in [0.5, 0.6) is 0 Å². The van der Waals surface area contributed by atoms with Crippen molar-refractivity contribution in [1.82, 2.24) is 0 Å². The molecule has 0 aromatic rings. The van der Waals surface area contributed by atoms with Crippen molar-refractivity contribution in [3.63, 3.8) is 0 Å². The van der Waals surface area contributed by atoms with Gasteiger partial charge in [0.15, 0.2) is 0 Å². The summed E-state index contributed by atoms with van der Waals surface area (Å²) in [5, 5.41) is 7.64. The van der Waals surface area contributed by atoms with E-state index in [1.807, 2.05) is 13.8 Å². The van der Waals surface area contributed by atoms with Crippen LogP contribution >= 0.6 is 0 Å². The zero-order valence-corrected chi connectivity index (χ0v) is 6.42. The lowest BCUT2D eigenvalue weighted by atomic mass is 10.5. The Kier molecular flexibility index (Phi) is 7.37. The number of nitrogens with two attached hydrogens (primary N) is 1. The van der Waals surface area contributed by atoms with E-state index in [9.17, 15) is 9.59 Å². The number of aliphatic carboxylic acids is 1. The fourth-order valence-corrected chi connectivity index (χ4v) is 0. The van der Waals surface area contributed by atoms with Crippen molar-refractivity contribution >= 4 is 11.8 Å². The maximum absolute atomic E-state index is 9.54. The third kappa shape index (κ3) is 27.5. The smallest absolute Gasteiger partial charge is 0.371 e. The Morgan fingerprint density at radius 3 is 1.50 bits per heavy atom. The first-order chi connectivity index (χ1) is 4.37. The summed E-state index contributed by atoms with van der Waals surface area (Å²) in [5.74, 6) is -2.20. The van der Waals surface area contributed by atoms with Gasteiger partial charge in [0.25, 0.3) is 0 Å². The Labute approximate surface area is 60.0 Å². The minimum absolute atomic E-state index is 0.333. The number of hydrogen-bond acceptors (Lipinski definition) is 3. The molecule has 0 rings (SSSR count). The monoisotopic (exact) mass is 147 g/mol. The summed E-state index contributed by atoms with van der Waals surface area (Å²) in [4.78, 5) is 18.9. The number of rotatable bonds is 1. The number of hydrogen-bond donors (Lipinski definition) is 2. The lowest BCUT2D eigenvalue weighted by molar-refractivity contribution is -0.148. The van der Waals surface area contributed by atoms with Crippen LogP contribution in [0.25, 0.3) is 0 Å². The molecule has 4 nitrogen and oxygen atoms in total. The van der Waals surface area contributed by atoms with E-state index in [1.54, 1.807) is 0 Å². The van der Waals surface area contributed by atoms with Crippen molar-refractivity contribution in [3.8, 4) is 0 Å². The number of Topliss-reactive ketones (excluding diaryl/α,β-unsaturated/α-hetero) is 1. The highest BCUT2D eigenvalue weighted by Gasteiger charge is 1.98. The van der Waals surface area contributed by atoms with E-state index in [4.69, 9.17) is 10.8 Å². The summed E-state index contributed by atoms with van der Waals surface area (Å²) in [6.07, 6.45) is 0. The van der Waals surface area contributed by atoms with E-state index in [2.05, 4.69) is 0 Å². The Balaban J connectivity index is 0. The van der Waals surface area contributed by atoms with Crippen LogP contribution in [0, 0.1) is 0 Å². The van der Waals surface area contributed by atoms with Crippen molar-refractivity contribution in [2.75, 3.05) is 0 Å². The molecule has 0 radical (unpaired) electrons. The molecule has 0 aliphatic carbocycles. The van der Waals surface area contributed by atoms with Gasteiger partial charge in [-0.2, -0.15) is 0 Å². The number of carboxylic acids is 1. The summed E-state index contributed by atoms with van der Waals surface area (Å²) >= 11 is 0. The quantitative estimate of drug-likeness (QED) is 0.512. The fraction of sp³-hybridized carbons (Fsp3) is 0.667. The zero-order chi connectivity index (χ0) is 8.73. The molecule has 0 saturated heterocycles. The molecule has 0 saturated carbocycles. The van der Waals surface area contributed by atoms with Crippen LogP contribution in [-0.2, 0) is 9.59 Å². The Morgan fingerprint density at radius 1 is 1.40 bits per heavy atom. The van der Waals surface area contributed by atoms with Crippen molar-refractivity contribution in [1.29, 1.82) is 0 Å². The topological polar surface area (TPSA) is 80.4 Å². The lowest BCUT2D eigenvalue weighted by Crippen LogP contribution is -2.06. The maximum Gasteiger partial charge on any atom is 0.371 e. The van der Waals surface area contributed by atoms with Gasteiger partial charge in [-0.05, 0) is 6.04 Å². The molecule has 0 spiro atoms. The first-order valence-corrected chi connectivity index (χ1v) is 2.87. The highest BCUT2D eigenvalue weighted by molar-refractivity contribution is 6.31. The van der Waals surface area contributed by atoms with Gasteiger partial charge in [-0.15, -0.1) is 0 Å². The average molecular weight is 147 g/mol. The molecule has 0 heterocycles. The molecule has 0 aromatic carbocycles. The molecule has 10 heavy (non-hydrogen) atoms. The van der Waals surface area contributed by atoms with E-state index >= 15 is 0 Å². The van der Waals surface area contributed by atoms with Gasteiger partial charge < -0.3 is 10.8 Å². The number of carbonyl (C=O) groups is 2. The van der Waals surface area contributed by atoms with Gasteiger partial charge in [0.05, 0.1) is 0 Å². The molecule has 0 amide bonds. The standard InChI is InChI=1S/C3H9N.C3H4O3/c1-3(2)4;1-2(4)3(5)6/h3H,4H2,1-2H3;1H3,(H,5,6). The molecule has 0 aliphatic rings. The van der Waals surface area contributed by atoms with Crippen molar-refractivity contribution in [2.45, 2.75) is 26.8 Å². The number of ketones is 1. The zero-order valence-electron chi connectivity index (χ0n) is 6.42. The van der Waals surface area contributed by atoms with E-state index in [1.165, 1.54) is 0 Å². The number of carbonyl (C=O) groups excluding carboxylic acids is 1. The summed E-state index contributed by atoms with van der Waals surface area (Å²) in [6.45, 7) is 4.89. The molecule has 0 atom stereocenters. The fourth-order valence-electron chi connectivity index (χ4n) is 0. The SMILES string of the molecule is CC(=O)C(=O)O.CC(C)N. The average Bonchev–Trinajstić information content (AvgIpc) is 1.63. The summed E-state index contributed by atoms with van der Waals surface area (Å²) in [5.41, 5.74) is 5.11. The maximum atomic E-state index is 9.54. The highest BCUT2D eigenvalue weighted by Crippen LogP contribution is 1.61. The third-order valence-corrected chi connectivity index (χ3v) is 0.301. The van der Waals surface area contributed by atoms with Gasteiger partial charge in [-0.25, -0.2) is 4.79 Å². The molecule has 0 unspecified atom stereocenters. The summed E-state index contributed by atoms with van der Waals surface area (Å²) < 4.78 is 0. The summed E-state index contributed by atoms with van der Waals surface area (Å²) in [6, 6.07) is 0.333. The Hall–Kier alpha value is -0.900. The van der Waals surface area contributed by atoms with Crippen LogP contribution in [0.3, 0.4) is 0 Å². The van der Waals surface area contributed by atoms with Gasteiger partial charge in [0, 0.05) is 6.92 Å². The number of carboxylic acid groups (broad SMARTS) is 1. The van der Waals surface area contributed by atoms with Gasteiger partial charge >= 0.3 is 5.97 Å². The predicted octanol–water partition coefficient (Wildman–Crippen LogP) is 0.0135. The largest absolute Gasteiger partial charge is 0.476 e. The molecular weight excluding hydrogens is 134 g/mol.